The van der Waals surface area contributed by atoms with E-state index in [2.05, 4.69) is 27.7 Å². The number of nitrogens with one attached hydrogen (secondary N) is 1. The average molecular weight is 304 g/mol. The molecule has 2 unspecified atom stereocenters. The Morgan fingerprint density at radius 3 is 2.71 bits per heavy atom. The minimum absolute atomic E-state index is 0. The van der Waals surface area contributed by atoms with E-state index < -0.39 is 0 Å². The second-order valence-electron chi connectivity index (χ2n) is 5.77. The van der Waals surface area contributed by atoms with Crippen molar-refractivity contribution in [1.29, 1.82) is 0 Å². The van der Waals surface area contributed by atoms with Gasteiger partial charge >= 0.3 is 0 Å². The predicted octanol–water partition coefficient (Wildman–Crippen LogP) is 2.79. The fraction of sp³-hybridized carbons (Fsp3) is 0.500. The molecule has 0 spiro atoms. The fourth-order valence-electron chi connectivity index (χ4n) is 2.90. The topological polar surface area (TPSA) is 50.7 Å². The van der Waals surface area contributed by atoms with E-state index in [4.69, 9.17) is 4.74 Å². The van der Waals surface area contributed by atoms with Gasteiger partial charge in [0.1, 0.15) is 5.75 Å². The second-order valence-corrected chi connectivity index (χ2v) is 5.96. The molecule has 21 heavy (non-hydrogen) atoms. The van der Waals surface area contributed by atoms with Crippen LogP contribution in [0.5, 0.6) is 5.75 Å². The van der Waals surface area contributed by atoms with Crippen LogP contribution in [0.2, 0.25) is 0 Å². The van der Waals surface area contributed by atoms with E-state index in [0.717, 1.165) is 25.0 Å². The molecule has 2 saturated carbocycles. The second kappa shape index (κ2) is 5.96. The van der Waals surface area contributed by atoms with Crippen molar-refractivity contribution in [3.8, 4) is 5.75 Å². The summed E-state index contributed by atoms with van der Waals surface area (Å²) in [5.41, 5.74) is 1.22. The van der Waals surface area contributed by atoms with Gasteiger partial charge in [-0.25, -0.2) is 4.99 Å². The summed E-state index contributed by atoms with van der Waals surface area (Å²) in [6, 6.07) is 8.50. The normalized spacial score (nSPS) is 29.8. The smallest absolute Gasteiger partial charge is 0.223 e. The lowest BCUT2D eigenvalue weighted by atomic mass is 9.87. The number of rotatable bonds is 5. The third kappa shape index (κ3) is 3.14. The number of hydrogen-bond acceptors (Lipinski definition) is 4. The quantitative estimate of drug-likeness (QED) is 0.672. The van der Waals surface area contributed by atoms with Crippen molar-refractivity contribution in [3.05, 3.63) is 29.8 Å². The van der Waals surface area contributed by atoms with Crippen molar-refractivity contribution in [2.75, 3.05) is 7.11 Å². The Balaban J connectivity index is 0.00000176. The first-order valence-corrected chi connectivity index (χ1v) is 7.63. The Morgan fingerprint density at radius 1 is 1.38 bits per heavy atom. The van der Waals surface area contributed by atoms with Gasteiger partial charge in [-0.15, -0.1) is 0 Å². The van der Waals surface area contributed by atoms with Gasteiger partial charge in [0.15, 0.2) is 0 Å². The van der Waals surface area contributed by atoms with Gasteiger partial charge in [-0.2, -0.15) is 0 Å². The maximum Gasteiger partial charge on any atom is 0.223 e. The number of isothiocyanates is 1. The summed E-state index contributed by atoms with van der Waals surface area (Å²) in [5.74, 6) is 1.49. The number of nitrogens with zero attached hydrogens (tertiary/aromatic N) is 1. The molecule has 0 aromatic heterocycles. The molecule has 1 aromatic carbocycles. The Morgan fingerprint density at radius 2 is 2.10 bits per heavy atom. The molecule has 4 nitrogen and oxygen atoms in total. The number of amides is 1. The summed E-state index contributed by atoms with van der Waals surface area (Å²) in [4.78, 5) is 16.2. The molecule has 0 radical (unpaired) electrons. The number of carbonyl (C=O) groups excluding carboxylic acids is 1. The zero-order valence-electron chi connectivity index (χ0n) is 11.9. The summed E-state index contributed by atoms with van der Waals surface area (Å²) in [6.07, 6.45) is 2.71. The first-order chi connectivity index (χ1) is 10.2. The van der Waals surface area contributed by atoms with Crippen molar-refractivity contribution in [1.82, 2.24) is 5.32 Å². The standard InChI is InChI=1S/C16H18N2O2S.H2/c1-20-13-4-2-10(3-5-13)14-8-15(14)16(19)18-12-6-11(7-12)17-9-21;/h2-5,11-12,14-15H,6-8H2,1H3,(H,18,19);1H. The van der Waals surface area contributed by atoms with E-state index in [1.807, 2.05) is 24.3 Å². The van der Waals surface area contributed by atoms with Crippen molar-refractivity contribution in [3.63, 3.8) is 0 Å². The van der Waals surface area contributed by atoms with Crippen molar-refractivity contribution >= 4 is 23.3 Å². The molecule has 1 amide bonds. The molecule has 2 aliphatic rings. The van der Waals surface area contributed by atoms with Gasteiger partial charge in [0.05, 0.1) is 18.3 Å². The summed E-state index contributed by atoms with van der Waals surface area (Å²) in [5, 5.41) is 5.51. The van der Waals surface area contributed by atoms with Crippen molar-refractivity contribution in [2.45, 2.75) is 37.3 Å². The van der Waals surface area contributed by atoms with Crippen molar-refractivity contribution < 1.29 is 11.0 Å². The van der Waals surface area contributed by atoms with Gasteiger partial charge in [0, 0.05) is 13.4 Å². The van der Waals surface area contributed by atoms with E-state index >= 15 is 0 Å². The molecule has 0 aliphatic heterocycles. The van der Waals surface area contributed by atoms with Crippen LogP contribution in [0.4, 0.5) is 0 Å². The van der Waals surface area contributed by atoms with Crippen LogP contribution in [-0.4, -0.2) is 30.3 Å². The molecule has 0 heterocycles. The van der Waals surface area contributed by atoms with Gasteiger partial charge in [-0.05, 0) is 55.1 Å². The van der Waals surface area contributed by atoms with Gasteiger partial charge in [-0.1, -0.05) is 12.1 Å². The highest BCUT2D eigenvalue weighted by molar-refractivity contribution is 7.78. The van der Waals surface area contributed by atoms with E-state index in [0.29, 0.717) is 5.92 Å². The van der Waals surface area contributed by atoms with Gasteiger partial charge < -0.3 is 10.1 Å². The molecule has 5 heteroatoms. The van der Waals surface area contributed by atoms with E-state index in [9.17, 15) is 4.79 Å². The number of hydrogen-bond donors (Lipinski definition) is 1. The van der Waals surface area contributed by atoms with Crippen LogP contribution in [0.1, 0.15) is 32.2 Å². The molecule has 2 fully saturated rings. The highest BCUT2D eigenvalue weighted by Gasteiger charge is 2.45. The third-order valence-electron chi connectivity index (χ3n) is 4.37. The Bertz CT molecular complexity index is 580. The predicted molar refractivity (Wildman–Crippen MR) is 85.9 cm³/mol. The minimum Gasteiger partial charge on any atom is -0.497 e. The zero-order chi connectivity index (χ0) is 14.8. The number of ether oxygens (including phenoxy) is 1. The summed E-state index contributed by atoms with van der Waals surface area (Å²) < 4.78 is 5.15. The van der Waals surface area contributed by atoms with E-state index in [1.54, 1.807) is 7.11 Å². The molecule has 1 N–H and O–H groups in total. The van der Waals surface area contributed by atoms with Gasteiger partial charge in [0.25, 0.3) is 0 Å². The molecule has 3 rings (SSSR count). The SMILES string of the molecule is COc1ccc(C2CC2C(=O)NC2CC(N=C=S)C2)cc1.[HH]. The van der Waals surface area contributed by atoms with Crippen LogP contribution in [0, 0.1) is 5.92 Å². The van der Waals surface area contributed by atoms with Crippen LogP contribution < -0.4 is 10.1 Å². The average Bonchev–Trinajstić information content (AvgIpc) is 3.25. The Kier molecular flexibility index (Phi) is 4.04. The minimum atomic E-state index is 0. The molecule has 1 aromatic rings. The molecule has 2 aliphatic carbocycles. The van der Waals surface area contributed by atoms with Crippen LogP contribution in [0.25, 0.3) is 0 Å². The molecule has 0 bridgehead atoms. The van der Waals surface area contributed by atoms with Crippen LogP contribution >= 0.6 is 12.2 Å². The molecular weight excluding hydrogens is 284 g/mol. The number of aliphatic imine (C=N–C) groups is 1. The summed E-state index contributed by atoms with van der Waals surface area (Å²) >= 11 is 4.58. The van der Waals surface area contributed by atoms with Gasteiger partial charge in [-0.3, -0.25) is 4.79 Å². The lowest BCUT2D eigenvalue weighted by Crippen LogP contribution is -2.46. The highest BCUT2D eigenvalue weighted by atomic mass is 32.1. The summed E-state index contributed by atoms with van der Waals surface area (Å²) in [6.45, 7) is 0. The Labute approximate surface area is 131 Å². The lowest BCUT2D eigenvalue weighted by Gasteiger charge is -2.32. The van der Waals surface area contributed by atoms with Gasteiger partial charge in [0.2, 0.25) is 5.91 Å². The fourth-order valence-corrected chi connectivity index (χ4v) is 3.05. The zero-order valence-corrected chi connectivity index (χ0v) is 12.7. The molecular formula is C16H20N2O2S. The molecule has 112 valence electrons. The first-order valence-electron chi connectivity index (χ1n) is 7.22. The number of benzene rings is 1. The van der Waals surface area contributed by atoms with Crippen LogP contribution in [0.3, 0.4) is 0 Å². The number of methoxy groups -OCH3 is 1. The lowest BCUT2D eigenvalue weighted by molar-refractivity contribution is -0.123. The number of carbonyl (C=O) groups is 1. The van der Waals surface area contributed by atoms with Crippen LogP contribution in [0.15, 0.2) is 29.3 Å². The van der Waals surface area contributed by atoms with Crippen molar-refractivity contribution in [2.24, 2.45) is 10.9 Å². The molecule has 0 saturated heterocycles. The van der Waals surface area contributed by atoms with E-state index in [1.165, 1.54) is 5.56 Å². The highest BCUT2D eigenvalue weighted by Crippen LogP contribution is 2.48. The number of thiocarbonyl (C=S) groups is 1. The third-order valence-corrected chi connectivity index (χ3v) is 4.47. The largest absolute Gasteiger partial charge is 0.497 e. The molecule has 2 atom stereocenters. The maximum atomic E-state index is 12.2. The van der Waals surface area contributed by atoms with E-state index in [-0.39, 0.29) is 25.3 Å². The monoisotopic (exact) mass is 304 g/mol. The van der Waals surface area contributed by atoms with Crippen LogP contribution in [-0.2, 0) is 4.79 Å². The maximum absolute atomic E-state index is 12.2. The first kappa shape index (κ1) is 14.2. The summed E-state index contributed by atoms with van der Waals surface area (Å²) in [7, 11) is 1.65. The Hall–Kier alpha value is -1.71.